The van der Waals surface area contributed by atoms with Crippen molar-refractivity contribution in [3.05, 3.63) is 22.2 Å². The third-order valence-corrected chi connectivity index (χ3v) is 2.94. The molecule has 0 aromatic heterocycles. The average molecular weight is 259 g/mol. The SMILES string of the molecule is COc1cc(Br)c2c(c1)C(O)C(C)O2. The Labute approximate surface area is 90.8 Å². The summed E-state index contributed by atoms with van der Waals surface area (Å²) in [5, 5.41) is 9.79. The zero-order valence-electron chi connectivity index (χ0n) is 7.95. The molecule has 3 nitrogen and oxygen atoms in total. The number of hydrogen-bond donors (Lipinski definition) is 1. The van der Waals surface area contributed by atoms with E-state index in [9.17, 15) is 5.11 Å². The zero-order chi connectivity index (χ0) is 10.3. The first-order valence-electron chi connectivity index (χ1n) is 4.35. The number of aliphatic hydroxyl groups excluding tert-OH is 1. The van der Waals surface area contributed by atoms with Gasteiger partial charge in [-0.25, -0.2) is 0 Å². The molecule has 1 heterocycles. The first-order valence-corrected chi connectivity index (χ1v) is 5.15. The molecule has 14 heavy (non-hydrogen) atoms. The third-order valence-electron chi connectivity index (χ3n) is 2.35. The Bertz CT molecular complexity index is 365. The van der Waals surface area contributed by atoms with E-state index < -0.39 is 6.10 Å². The second-order valence-electron chi connectivity index (χ2n) is 3.30. The molecule has 1 aromatic rings. The van der Waals surface area contributed by atoms with E-state index in [-0.39, 0.29) is 6.10 Å². The number of halogens is 1. The van der Waals surface area contributed by atoms with Crippen LogP contribution in [0.3, 0.4) is 0 Å². The molecule has 0 amide bonds. The molecular formula is C10H11BrO3. The van der Waals surface area contributed by atoms with Gasteiger partial charge in [0.25, 0.3) is 0 Å². The van der Waals surface area contributed by atoms with Crippen LogP contribution in [0.25, 0.3) is 0 Å². The lowest BCUT2D eigenvalue weighted by atomic mass is 10.1. The number of rotatable bonds is 1. The monoisotopic (exact) mass is 258 g/mol. The van der Waals surface area contributed by atoms with Crippen LogP contribution in [0, 0.1) is 0 Å². The molecule has 0 fully saturated rings. The van der Waals surface area contributed by atoms with Crippen molar-refractivity contribution < 1.29 is 14.6 Å². The highest BCUT2D eigenvalue weighted by atomic mass is 79.9. The van der Waals surface area contributed by atoms with Gasteiger partial charge in [-0.2, -0.15) is 0 Å². The molecule has 2 unspecified atom stereocenters. The maximum atomic E-state index is 9.79. The molecular weight excluding hydrogens is 248 g/mol. The molecule has 0 saturated carbocycles. The number of benzene rings is 1. The van der Waals surface area contributed by atoms with E-state index in [0.717, 1.165) is 10.0 Å². The second-order valence-corrected chi connectivity index (χ2v) is 4.15. The van der Waals surface area contributed by atoms with Crippen LogP contribution in [-0.4, -0.2) is 18.3 Å². The Kier molecular flexibility index (Phi) is 2.41. The maximum absolute atomic E-state index is 9.79. The number of hydrogen-bond acceptors (Lipinski definition) is 3. The summed E-state index contributed by atoms with van der Waals surface area (Å²) in [6, 6.07) is 3.62. The van der Waals surface area contributed by atoms with Crippen LogP contribution in [0.2, 0.25) is 0 Å². The average Bonchev–Trinajstić information content (AvgIpc) is 2.45. The van der Waals surface area contributed by atoms with Gasteiger partial charge in [0.2, 0.25) is 0 Å². The summed E-state index contributed by atoms with van der Waals surface area (Å²) >= 11 is 3.38. The lowest BCUT2D eigenvalue weighted by molar-refractivity contribution is 0.0793. The van der Waals surface area contributed by atoms with E-state index in [1.165, 1.54) is 0 Å². The van der Waals surface area contributed by atoms with Crippen molar-refractivity contribution in [3.63, 3.8) is 0 Å². The van der Waals surface area contributed by atoms with Gasteiger partial charge in [0.05, 0.1) is 11.6 Å². The van der Waals surface area contributed by atoms with E-state index in [4.69, 9.17) is 9.47 Å². The largest absolute Gasteiger partial charge is 0.497 e. The molecule has 2 rings (SSSR count). The third kappa shape index (κ3) is 1.38. The van der Waals surface area contributed by atoms with Crippen molar-refractivity contribution in [1.29, 1.82) is 0 Å². The summed E-state index contributed by atoms with van der Waals surface area (Å²) in [5.41, 5.74) is 0.781. The molecule has 1 N–H and O–H groups in total. The van der Waals surface area contributed by atoms with E-state index in [1.54, 1.807) is 13.2 Å². The predicted octanol–water partition coefficient (Wildman–Crippen LogP) is 2.27. The van der Waals surface area contributed by atoms with Crippen molar-refractivity contribution in [2.24, 2.45) is 0 Å². The van der Waals surface area contributed by atoms with Crippen molar-refractivity contribution in [2.75, 3.05) is 7.11 Å². The molecule has 0 radical (unpaired) electrons. The fourth-order valence-corrected chi connectivity index (χ4v) is 2.10. The van der Waals surface area contributed by atoms with Crippen molar-refractivity contribution in [3.8, 4) is 11.5 Å². The maximum Gasteiger partial charge on any atom is 0.140 e. The zero-order valence-corrected chi connectivity index (χ0v) is 9.54. The highest BCUT2D eigenvalue weighted by molar-refractivity contribution is 9.10. The summed E-state index contributed by atoms with van der Waals surface area (Å²) in [6.07, 6.45) is -0.773. The second kappa shape index (κ2) is 3.44. The Morgan fingerprint density at radius 3 is 2.86 bits per heavy atom. The van der Waals surface area contributed by atoms with Crippen molar-refractivity contribution in [1.82, 2.24) is 0 Å². The summed E-state index contributed by atoms with van der Waals surface area (Å²) in [7, 11) is 1.60. The summed E-state index contributed by atoms with van der Waals surface area (Å²) in [4.78, 5) is 0. The molecule has 0 bridgehead atoms. The van der Waals surface area contributed by atoms with E-state index >= 15 is 0 Å². The van der Waals surface area contributed by atoms with E-state index in [1.807, 2.05) is 13.0 Å². The smallest absolute Gasteiger partial charge is 0.140 e. The highest BCUT2D eigenvalue weighted by Gasteiger charge is 2.31. The van der Waals surface area contributed by atoms with Crippen LogP contribution >= 0.6 is 15.9 Å². The first kappa shape index (κ1) is 9.80. The molecule has 0 saturated heterocycles. The number of aliphatic hydroxyl groups is 1. The quantitative estimate of drug-likeness (QED) is 0.840. The summed E-state index contributed by atoms with van der Waals surface area (Å²) < 4.78 is 11.4. The highest BCUT2D eigenvalue weighted by Crippen LogP contribution is 2.43. The van der Waals surface area contributed by atoms with Gasteiger partial charge < -0.3 is 14.6 Å². The van der Waals surface area contributed by atoms with Crippen LogP contribution < -0.4 is 9.47 Å². The molecule has 1 aliphatic rings. The van der Waals surface area contributed by atoms with Gasteiger partial charge in [-0.3, -0.25) is 0 Å². The fraction of sp³-hybridized carbons (Fsp3) is 0.400. The Balaban J connectivity index is 2.52. The lowest BCUT2D eigenvalue weighted by Crippen LogP contribution is -2.12. The Morgan fingerprint density at radius 1 is 1.50 bits per heavy atom. The minimum atomic E-state index is -0.573. The van der Waals surface area contributed by atoms with Gasteiger partial charge in [-0.15, -0.1) is 0 Å². The molecule has 2 atom stereocenters. The summed E-state index contributed by atoms with van der Waals surface area (Å²) in [5.74, 6) is 1.43. The minimum absolute atomic E-state index is 0.201. The lowest BCUT2D eigenvalue weighted by Gasteiger charge is -2.06. The predicted molar refractivity (Wildman–Crippen MR) is 55.7 cm³/mol. The van der Waals surface area contributed by atoms with Crippen molar-refractivity contribution in [2.45, 2.75) is 19.1 Å². The molecule has 0 aliphatic carbocycles. The Hall–Kier alpha value is -0.740. The standard InChI is InChI=1S/C10H11BrO3/c1-5-9(12)7-3-6(13-2)4-8(11)10(7)14-5/h3-5,9,12H,1-2H3. The van der Waals surface area contributed by atoms with Crippen LogP contribution in [0.15, 0.2) is 16.6 Å². The number of fused-ring (bicyclic) bond motifs is 1. The van der Waals surface area contributed by atoms with Crippen LogP contribution in [-0.2, 0) is 0 Å². The number of ether oxygens (including phenoxy) is 2. The number of methoxy groups -OCH3 is 1. The minimum Gasteiger partial charge on any atom is -0.497 e. The van der Waals surface area contributed by atoms with Crippen LogP contribution in [0.1, 0.15) is 18.6 Å². The molecule has 0 spiro atoms. The summed E-state index contributed by atoms with van der Waals surface area (Å²) in [6.45, 7) is 1.84. The van der Waals surface area contributed by atoms with Gasteiger partial charge in [0.15, 0.2) is 0 Å². The molecule has 4 heteroatoms. The molecule has 76 valence electrons. The van der Waals surface area contributed by atoms with Gasteiger partial charge in [-0.05, 0) is 35.0 Å². The van der Waals surface area contributed by atoms with Gasteiger partial charge in [-0.1, -0.05) is 0 Å². The van der Waals surface area contributed by atoms with E-state index in [2.05, 4.69) is 15.9 Å². The first-order chi connectivity index (χ1) is 6.63. The van der Waals surface area contributed by atoms with Crippen LogP contribution in [0.4, 0.5) is 0 Å². The van der Waals surface area contributed by atoms with Crippen LogP contribution in [0.5, 0.6) is 11.5 Å². The van der Waals surface area contributed by atoms with Gasteiger partial charge in [0, 0.05) is 5.56 Å². The normalized spacial score (nSPS) is 24.3. The molecule has 1 aromatic carbocycles. The fourth-order valence-electron chi connectivity index (χ4n) is 1.55. The van der Waals surface area contributed by atoms with Crippen molar-refractivity contribution >= 4 is 15.9 Å². The van der Waals surface area contributed by atoms with Gasteiger partial charge in [0.1, 0.15) is 23.7 Å². The van der Waals surface area contributed by atoms with E-state index in [0.29, 0.717) is 11.5 Å². The molecule has 1 aliphatic heterocycles. The topological polar surface area (TPSA) is 38.7 Å². The van der Waals surface area contributed by atoms with Gasteiger partial charge >= 0.3 is 0 Å². The Morgan fingerprint density at radius 2 is 2.21 bits per heavy atom.